The molecule has 74 valence electrons. The topological polar surface area (TPSA) is 58.2 Å². The van der Waals surface area contributed by atoms with E-state index in [0.29, 0.717) is 0 Å². The Balaban J connectivity index is 0.000000132. The van der Waals surface area contributed by atoms with Crippen molar-refractivity contribution in [1.29, 1.82) is 0 Å². The third-order valence-corrected chi connectivity index (χ3v) is 2.06. The van der Waals surface area contributed by atoms with E-state index < -0.39 is 0 Å². The second kappa shape index (κ2) is 5.56. The van der Waals surface area contributed by atoms with Crippen molar-refractivity contribution in [3.05, 3.63) is 0 Å². The molecule has 2 saturated heterocycles. The van der Waals surface area contributed by atoms with E-state index >= 15 is 0 Å². The lowest BCUT2D eigenvalue weighted by Crippen LogP contribution is -2.28. The number of carbonyl (C=O) groups excluding carboxylic acids is 2. The molecular weight excluding hydrogens is 168 g/mol. The molecule has 0 radical (unpaired) electrons. The predicted octanol–water partition coefficient (Wildman–Crippen LogP) is 0.183. The van der Waals surface area contributed by atoms with Crippen molar-refractivity contribution in [3.8, 4) is 0 Å². The van der Waals surface area contributed by atoms with Gasteiger partial charge in [-0.15, -0.1) is 0 Å². The minimum Gasteiger partial charge on any atom is -0.356 e. The summed E-state index contributed by atoms with van der Waals surface area (Å²) in [6.45, 7) is 1.78. The first-order valence-corrected chi connectivity index (χ1v) is 4.82. The molecule has 0 atom stereocenters. The summed E-state index contributed by atoms with van der Waals surface area (Å²) in [5, 5.41) is 5.42. The molecule has 2 aliphatic rings. The highest BCUT2D eigenvalue weighted by atomic mass is 16.2. The SMILES string of the molecule is O=C1CCCCN1.O=C1CCCN1. The van der Waals surface area contributed by atoms with Crippen LogP contribution in [0.4, 0.5) is 0 Å². The molecule has 0 aliphatic carbocycles. The van der Waals surface area contributed by atoms with Crippen LogP contribution in [-0.4, -0.2) is 24.9 Å². The van der Waals surface area contributed by atoms with E-state index in [2.05, 4.69) is 10.6 Å². The fraction of sp³-hybridized carbons (Fsp3) is 0.778. The molecular formula is C9H16N2O2. The van der Waals surface area contributed by atoms with Crippen LogP contribution in [0, 0.1) is 0 Å². The van der Waals surface area contributed by atoms with Crippen LogP contribution in [-0.2, 0) is 9.59 Å². The van der Waals surface area contributed by atoms with Crippen molar-refractivity contribution in [2.24, 2.45) is 0 Å². The van der Waals surface area contributed by atoms with Crippen molar-refractivity contribution in [1.82, 2.24) is 10.6 Å². The lowest BCUT2D eigenvalue weighted by Gasteiger charge is -2.08. The zero-order valence-electron chi connectivity index (χ0n) is 7.77. The maximum atomic E-state index is 10.4. The summed E-state index contributed by atoms with van der Waals surface area (Å²) in [5.74, 6) is 0.418. The second-order valence-electron chi connectivity index (χ2n) is 3.26. The highest BCUT2D eigenvalue weighted by Gasteiger charge is 2.05. The third-order valence-electron chi connectivity index (χ3n) is 2.06. The molecule has 0 bridgehead atoms. The zero-order valence-corrected chi connectivity index (χ0v) is 7.77. The summed E-state index contributed by atoms with van der Waals surface area (Å²) in [5.41, 5.74) is 0. The van der Waals surface area contributed by atoms with Gasteiger partial charge in [-0.1, -0.05) is 0 Å². The van der Waals surface area contributed by atoms with E-state index in [1.165, 1.54) is 0 Å². The van der Waals surface area contributed by atoms with Gasteiger partial charge < -0.3 is 10.6 Å². The average Bonchev–Trinajstić information content (AvgIpc) is 2.58. The summed E-state index contributed by atoms with van der Waals surface area (Å²) in [6, 6.07) is 0. The molecule has 0 spiro atoms. The van der Waals surface area contributed by atoms with Gasteiger partial charge in [0.15, 0.2) is 0 Å². The standard InChI is InChI=1S/C5H9NO.C4H7NO/c7-5-3-1-2-4-6-5;6-4-2-1-3-5-4/h1-4H2,(H,6,7);1-3H2,(H,5,6). The van der Waals surface area contributed by atoms with Gasteiger partial charge in [0.25, 0.3) is 0 Å². The molecule has 2 fully saturated rings. The summed E-state index contributed by atoms with van der Waals surface area (Å²) in [6.07, 6.45) is 4.73. The smallest absolute Gasteiger partial charge is 0.220 e. The third kappa shape index (κ3) is 4.50. The number of nitrogens with one attached hydrogen (secondary N) is 2. The van der Waals surface area contributed by atoms with Crippen LogP contribution in [0.2, 0.25) is 0 Å². The molecule has 0 aromatic heterocycles. The van der Waals surface area contributed by atoms with E-state index in [0.717, 1.165) is 45.2 Å². The average molecular weight is 184 g/mol. The Kier molecular flexibility index (Phi) is 4.29. The molecule has 0 saturated carbocycles. The quantitative estimate of drug-likeness (QED) is 0.564. The molecule has 4 nitrogen and oxygen atoms in total. The number of carbonyl (C=O) groups is 2. The molecule has 2 heterocycles. The van der Waals surface area contributed by atoms with Crippen LogP contribution < -0.4 is 10.6 Å². The van der Waals surface area contributed by atoms with E-state index in [9.17, 15) is 9.59 Å². The van der Waals surface area contributed by atoms with Crippen LogP contribution in [0.15, 0.2) is 0 Å². The fourth-order valence-corrected chi connectivity index (χ4v) is 1.29. The summed E-state index contributed by atoms with van der Waals surface area (Å²) in [4.78, 5) is 20.5. The van der Waals surface area contributed by atoms with Crippen molar-refractivity contribution >= 4 is 11.8 Å². The van der Waals surface area contributed by atoms with Gasteiger partial charge in [-0.2, -0.15) is 0 Å². The Bertz CT molecular complexity index is 176. The molecule has 2 aliphatic heterocycles. The van der Waals surface area contributed by atoms with E-state index in [-0.39, 0.29) is 11.8 Å². The lowest BCUT2D eigenvalue weighted by atomic mass is 10.2. The minimum atomic E-state index is 0.204. The molecule has 4 heteroatoms. The van der Waals surface area contributed by atoms with Gasteiger partial charge in [0.1, 0.15) is 0 Å². The van der Waals surface area contributed by atoms with Gasteiger partial charge in [-0.05, 0) is 19.3 Å². The normalized spacial score (nSPS) is 21.2. The van der Waals surface area contributed by atoms with Crippen LogP contribution in [0.5, 0.6) is 0 Å². The molecule has 0 aromatic rings. The Morgan fingerprint density at radius 3 is 1.54 bits per heavy atom. The molecule has 2 N–H and O–H groups in total. The maximum Gasteiger partial charge on any atom is 0.220 e. The summed E-state index contributed by atoms with van der Waals surface area (Å²) in [7, 11) is 0. The van der Waals surface area contributed by atoms with Crippen LogP contribution >= 0.6 is 0 Å². The van der Waals surface area contributed by atoms with Gasteiger partial charge in [0.2, 0.25) is 11.8 Å². The van der Waals surface area contributed by atoms with Crippen LogP contribution in [0.1, 0.15) is 32.1 Å². The van der Waals surface area contributed by atoms with Gasteiger partial charge in [-0.3, -0.25) is 9.59 Å². The Hall–Kier alpha value is -1.06. The minimum absolute atomic E-state index is 0.204. The molecule has 2 amide bonds. The van der Waals surface area contributed by atoms with Gasteiger partial charge in [-0.25, -0.2) is 0 Å². The number of hydrogen-bond acceptors (Lipinski definition) is 2. The molecule has 2 rings (SSSR count). The van der Waals surface area contributed by atoms with Crippen molar-refractivity contribution in [2.75, 3.05) is 13.1 Å². The summed E-state index contributed by atoms with van der Waals surface area (Å²) >= 11 is 0. The Morgan fingerprint density at radius 2 is 1.31 bits per heavy atom. The first kappa shape index (κ1) is 10.0. The van der Waals surface area contributed by atoms with Crippen LogP contribution in [0.3, 0.4) is 0 Å². The maximum absolute atomic E-state index is 10.4. The molecule has 0 unspecified atom stereocenters. The number of piperidine rings is 1. The first-order chi connectivity index (χ1) is 6.29. The number of rotatable bonds is 0. The number of hydrogen-bond donors (Lipinski definition) is 2. The largest absolute Gasteiger partial charge is 0.356 e. The highest BCUT2D eigenvalue weighted by Crippen LogP contribution is 1.98. The Morgan fingerprint density at radius 1 is 0.769 bits per heavy atom. The van der Waals surface area contributed by atoms with Gasteiger partial charge >= 0.3 is 0 Å². The van der Waals surface area contributed by atoms with E-state index in [1.54, 1.807) is 0 Å². The fourth-order valence-electron chi connectivity index (χ4n) is 1.29. The van der Waals surface area contributed by atoms with Crippen molar-refractivity contribution < 1.29 is 9.59 Å². The monoisotopic (exact) mass is 184 g/mol. The first-order valence-electron chi connectivity index (χ1n) is 4.82. The van der Waals surface area contributed by atoms with Crippen LogP contribution in [0.25, 0.3) is 0 Å². The predicted molar refractivity (Wildman–Crippen MR) is 49.1 cm³/mol. The zero-order chi connectivity index (χ0) is 9.52. The van der Waals surface area contributed by atoms with Crippen molar-refractivity contribution in [3.63, 3.8) is 0 Å². The second-order valence-corrected chi connectivity index (χ2v) is 3.26. The van der Waals surface area contributed by atoms with Crippen molar-refractivity contribution in [2.45, 2.75) is 32.1 Å². The molecule has 13 heavy (non-hydrogen) atoms. The lowest BCUT2D eigenvalue weighted by molar-refractivity contribution is -0.122. The Labute approximate surface area is 78.1 Å². The van der Waals surface area contributed by atoms with Gasteiger partial charge in [0.05, 0.1) is 0 Å². The summed E-state index contributed by atoms with van der Waals surface area (Å²) < 4.78 is 0. The van der Waals surface area contributed by atoms with E-state index in [4.69, 9.17) is 0 Å². The van der Waals surface area contributed by atoms with E-state index in [1.807, 2.05) is 0 Å². The molecule has 0 aromatic carbocycles. The van der Waals surface area contributed by atoms with Gasteiger partial charge in [0, 0.05) is 25.9 Å². The highest BCUT2D eigenvalue weighted by molar-refractivity contribution is 5.77. The number of amides is 2.